The number of nitrogens with zero attached hydrogens (tertiary/aromatic N) is 1. The summed E-state index contributed by atoms with van der Waals surface area (Å²) in [4.78, 5) is 70.0. The number of fused-ring (bicyclic) bond motifs is 2. The molecule has 2 aliphatic rings. The number of benzene rings is 4. The Labute approximate surface area is 398 Å². The molecule has 0 saturated heterocycles. The Morgan fingerprint density at radius 3 is 1.76 bits per heavy atom. The maximum absolute atomic E-state index is 13.8. The lowest BCUT2D eigenvalue weighted by Crippen LogP contribution is -2.30. The fraction of sp³-hybridized carbons (Fsp3) is 0.333. The molecule has 1 unspecified atom stereocenters. The predicted molar refractivity (Wildman–Crippen MR) is 255 cm³/mol. The number of carbonyl (C=O) groups excluding carboxylic acids is 5. The van der Waals surface area contributed by atoms with Crippen LogP contribution in [-0.4, -0.2) is 41.4 Å². The van der Waals surface area contributed by atoms with Crippen LogP contribution < -0.4 is 23.7 Å². The summed E-state index contributed by atoms with van der Waals surface area (Å²) < 4.78 is 41.1. The van der Waals surface area contributed by atoms with Gasteiger partial charge in [0, 0.05) is 17.4 Å². The van der Waals surface area contributed by atoms with Crippen molar-refractivity contribution in [2.75, 3.05) is 6.61 Å². The van der Waals surface area contributed by atoms with E-state index in [1.54, 1.807) is 60.7 Å². The molecule has 0 N–H and O–H groups in total. The van der Waals surface area contributed by atoms with Crippen LogP contribution in [0, 0.1) is 43.4 Å². The second-order valence-electron chi connectivity index (χ2n) is 17.6. The van der Waals surface area contributed by atoms with E-state index in [4.69, 9.17) is 37.8 Å². The largest absolute Gasteiger partial charge is 0.493 e. The quantitative estimate of drug-likeness (QED) is 0.0389. The monoisotopic (exact) mass is 939 g/mol. The molecule has 2 saturated carbocycles. The summed E-state index contributed by atoms with van der Waals surface area (Å²) in [5.74, 6) is -1.11. The van der Waals surface area contributed by atoms with E-state index in [-0.39, 0.29) is 41.9 Å². The third-order valence-electron chi connectivity index (χ3n) is 12.5. The summed E-state index contributed by atoms with van der Waals surface area (Å²) >= 11 is 1.27. The van der Waals surface area contributed by atoms with Gasteiger partial charge in [-0.2, -0.15) is 0 Å². The molecule has 13 nitrogen and oxygen atoms in total. The summed E-state index contributed by atoms with van der Waals surface area (Å²) in [6.45, 7) is 13.8. The number of hydrogen-bond donors (Lipinski definition) is 0. The molecular formula is C54H53NO12S. The fourth-order valence-corrected chi connectivity index (χ4v) is 9.49. The van der Waals surface area contributed by atoms with E-state index in [0.717, 1.165) is 28.2 Å². The lowest BCUT2D eigenvalue weighted by molar-refractivity contribution is -0.145. The number of hydrogen-bond acceptors (Lipinski definition) is 14. The molecular weight excluding hydrogens is 887 g/mol. The molecule has 4 aromatic carbocycles. The van der Waals surface area contributed by atoms with Gasteiger partial charge in [0.1, 0.15) is 39.7 Å². The van der Waals surface area contributed by atoms with Crippen LogP contribution in [0.4, 0.5) is 0 Å². The van der Waals surface area contributed by atoms with Crippen molar-refractivity contribution in [3.63, 3.8) is 0 Å². The summed E-state index contributed by atoms with van der Waals surface area (Å²) in [5.41, 5.74) is 3.91. The van der Waals surface area contributed by atoms with Gasteiger partial charge in [0.05, 0.1) is 30.3 Å². The van der Waals surface area contributed by atoms with Crippen molar-refractivity contribution in [3.8, 4) is 39.5 Å². The van der Waals surface area contributed by atoms with Crippen molar-refractivity contribution in [3.05, 3.63) is 121 Å². The highest BCUT2D eigenvalue weighted by Gasteiger charge is 2.35. The van der Waals surface area contributed by atoms with Gasteiger partial charge in [-0.25, -0.2) is 9.78 Å². The number of aromatic nitrogens is 1. The molecule has 0 spiro atoms. The Hall–Kier alpha value is -7.06. The van der Waals surface area contributed by atoms with E-state index in [2.05, 4.69) is 19.2 Å². The van der Waals surface area contributed by atoms with E-state index in [1.165, 1.54) is 11.3 Å². The van der Waals surface area contributed by atoms with Crippen LogP contribution in [0.25, 0.3) is 32.0 Å². The Balaban J connectivity index is 0.911. The van der Waals surface area contributed by atoms with Crippen molar-refractivity contribution in [1.29, 1.82) is 0 Å². The number of esters is 5. The number of ether oxygens (including phenoxy) is 6. The molecule has 0 aliphatic heterocycles. The highest BCUT2D eigenvalue weighted by Crippen LogP contribution is 2.44. The number of furan rings is 1. The molecule has 8 rings (SSSR count). The summed E-state index contributed by atoms with van der Waals surface area (Å²) in [5, 5.41) is 1.46. The van der Waals surface area contributed by atoms with Gasteiger partial charge in [0.25, 0.3) is 0 Å². The average Bonchev–Trinajstić information content (AvgIpc) is 4.00. The van der Waals surface area contributed by atoms with Crippen LogP contribution >= 0.6 is 11.3 Å². The Morgan fingerprint density at radius 2 is 1.21 bits per heavy atom. The molecule has 2 aliphatic carbocycles. The van der Waals surface area contributed by atoms with Gasteiger partial charge in [-0.1, -0.05) is 37.8 Å². The van der Waals surface area contributed by atoms with Crippen LogP contribution in [0.2, 0.25) is 0 Å². The number of aryl methyl sites for hydroxylation is 2. The van der Waals surface area contributed by atoms with Crippen LogP contribution in [0.1, 0.15) is 75.0 Å². The molecule has 14 heteroatoms. The first kappa shape index (κ1) is 47.4. The molecule has 352 valence electrons. The first-order chi connectivity index (χ1) is 32.8. The third kappa shape index (κ3) is 11.4. The topological polar surface area (TPSA) is 167 Å². The van der Waals surface area contributed by atoms with Gasteiger partial charge >= 0.3 is 29.8 Å². The zero-order valence-corrected chi connectivity index (χ0v) is 39.1. The van der Waals surface area contributed by atoms with Gasteiger partial charge in [0.2, 0.25) is 0 Å². The second kappa shape index (κ2) is 21.3. The minimum absolute atomic E-state index is 0.0716. The molecule has 68 heavy (non-hydrogen) atoms. The molecule has 0 amide bonds. The number of carbonyl (C=O) groups is 5. The third-order valence-corrected chi connectivity index (χ3v) is 13.6. The van der Waals surface area contributed by atoms with Crippen LogP contribution in [-0.2, 0) is 35.3 Å². The smallest absolute Gasteiger partial charge is 0.330 e. The standard InChI is InChI=1S/C54H53NO12S/c1-6-31(3)29-61-39-20-22-41(23-21-39)64-52(58)36-10-14-37(15-11-36)53(59)66-43-24-25-44(49-48(43)55-50(68-49)46-28-42-33(5)26-32(4)27-45(42)65-46)67-54(60)38-16-12-35(13-17-38)51(57)63-40-18-8-34(9-19-40)30-62-47(56)7-2/h6-9,18-28,31,35-38H,1-2,10-17,29-30H2,3-5H3. The van der Waals surface area contributed by atoms with Gasteiger partial charge in [-0.15, -0.1) is 17.9 Å². The maximum Gasteiger partial charge on any atom is 0.330 e. The van der Waals surface area contributed by atoms with Gasteiger partial charge in [0.15, 0.2) is 22.3 Å². The Kier molecular flexibility index (Phi) is 14.8. The van der Waals surface area contributed by atoms with Crippen LogP contribution in [0.3, 0.4) is 0 Å². The highest BCUT2D eigenvalue weighted by atomic mass is 32.1. The maximum atomic E-state index is 13.8. The van der Waals surface area contributed by atoms with Crippen LogP contribution in [0.5, 0.6) is 28.7 Å². The van der Waals surface area contributed by atoms with E-state index in [9.17, 15) is 24.0 Å². The normalized spacial score (nSPS) is 18.5. The highest BCUT2D eigenvalue weighted by molar-refractivity contribution is 7.22. The summed E-state index contributed by atoms with van der Waals surface area (Å²) in [6, 6.07) is 22.8. The molecule has 0 radical (unpaired) electrons. The average molecular weight is 940 g/mol. The SMILES string of the molecule is C=CC(=O)OCc1ccc(OC(=O)C2CCC(C(=O)Oc3ccc(OC(=O)C4CCC(C(=O)Oc5ccc(OCC(C)C=C)cc5)CC4)c4nc(-c5cc6c(C)cc(C)cc6o5)sc34)CC2)cc1. The van der Waals surface area contributed by atoms with Gasteiger partial charge in [-0.05, 0) is 143 Å². The van der Waals surface area contributed by atoms with Crippen molar-refractivity contribution >= 4 is 62.4 Å². The molecule has 2 aromatic heterocycles. The minimum Gasteiger partial charge on any atom is -0.493 e. The Bertz CT molecular complexity index is 2840. The zero-order valence-electron chi connectivity index (χ0n) is 38.3. The molecule has 2 heterocycles. The molecule has 1 atom stereocenters. The fourth-order valence-electron chi connectivity index (χ4n) is 8.50. The predicted octanol–water partition coefficient (Wildman–Crippen LogP) is 11.4. The minimum atomic E-state index is -0.528. The van der Waals surface area contributed by atoms with Crippen molar-refractivity contribution in [2.45, 2.75) is 78.7 Å². The number of rotatable bonds is 16. The molecule has 2 fully saturated rings. The van der Waals surface area contributed by atoms with Crippen molar-refractivity contribution < 1.29 is 56.8 Å². The lowest BCUT2D eigenvalue weighted by atomic mass is 9.82. The Morgan fingerprint density at radius 1 is 0.691 bits per heavy atom. The lowest BCUT2D eigenvalue weighted by Gasteiger charge is -2.26. The van der Waals surface area contributed by atoms with E-state index in [0.29, 0.717) is 102 Å². The zero-order chi connectivity index (χ0) is 47.9. The van der Waals surface area contributed by atoms with Crippen molar-refractivity contribution in [2.24, 2.45) is 29.6 Å². The first-order valence-corrected chi connectivity index (χ1v) is 23.7. The van der Waals surface area contributed by atoms with Crippen LogP contribution in [0.15, 0.2) is 109 Å². The van der Waals surface area contributed by atoms with Gasteiger partial charge < -0.3 is 32.8 Å². The van der Waals surface area contributed by atoms with E-state index < -0.39 is 35.7 Å². The second-order valence-corrected chi connectivity index (χ2v) is 18.6. The van der Waals surface area contributed by atoms with Crippen molar-refractivity contribution in [1.82, 2.24) is 4.98 Å². The summed E-state index contributed by atoms with van der Waals surface area (Å²) in [7, 11) is 0. The molecule has 6 aromatic rings. The van der Waals surface area contributed by atoms with E-state index in [1.807, 2.05) is 39.0 Å². The number of thiazole rings is 1. The van der Waals surface area contributed by atoms with Gasteiger partial charge in [-0.3, -0.25) is 19.2 Å². The molecule has 0 bridgehead atoms. The first-order valence-electron chi connectivity index (χ1n) is 22.9. The van der Waals surface area contributed by atoms with E-state index >= 15 is 0 Å². The summed E-state index contributed by atoms with van der Waals surface area (Å²) in [6.07, 6.45) is 6.45.